The third-order valence-corrected chi connectivity index (χ3v) is 6.64. The van der Waals surface area contributed by atoms with Crippen LogP contribution in [0.3, 0.4) is 0 Å². The van der Waals surface area contributed by atoms with E-state index in [-0.39, 0.29) is 17.2 Å². The Labute approximate surface area is 176 Å². The van der Waals surface area contributed by atoms with Crippen LogP contribution in [0.4, 0.5) is 0 Å². The molecule has 0 heterocycles. The van der Waals surface area contributed by atoms with Crippen molar-refractivity contribution in [3.05, 3.63) is 30.3 Å². The lowest BCUT2D eigenvalue weighted by Crippen LogP contribution is -2.15. The number of hydrogen-bond donors (Lipinski definition) is 2. The molecular formula is C20H26O8S2. The van der Waals surface area contributed by atoms with Gasteiger partial charge in [0.1, 0.15) is 4.90 Å². The van der Waals surface area contributed by atoms with Gasteiger partial charge in [0.15, 0.2) is 10.6 Å². The standard InChI is InChI=1S/C20H26O8S2/c1-2-3-4-5-6-7-8-13-18(21)28-17-14-15-11-9-10-12-16(15)19(29(22,23)24)20(17)30(25,26)27/h9-12,14H,2-8,13H2,1H3,(H,22,23,24)(H,25,26,27). The molecule has 0 fully saturated rings. The van der Waals surface area contributed by atoms with Gasteiger partial charge in [-0.15, -0.1) is 0 Å². The molecule has 0 aliphatic rings. The minimum absolute atomic E-state index is 0.00668. The molecule has 2 aromatic carbocycles. The highest BCUT2D eigenvalue weighted by atomic mass is 32.2. The topological polar surface area (TPSA) is 135 Å². The van der Waals surface area contributed by atoms with Crippen molar-refractivity contribution >= 4 is 37.0 Å². The van der Waals surface area contributed by atoms with Gasteiger partial charge in [0.25, 0.3) is 20.2 Å². The van der Waals surface area contributed by atoms with E-state index < -0.39 is 41.7 Å². The van der Waals surface area contributed by atoms with Gasteiger partial charge in [-0.1, -0.05) is 69.7 Å². The van der Waals surface area contributed by atoms with Gasteiger partial charge in [-0.25, -0.2) is 0 Å². The monoisotopic (exact) mass is 458 g/mol. The molecule has 2 aromatic rings. The molecule has 0 radical (unpaired) electrons. The number of carbonyl (C=O) groups excluding carboxylic acids is 1. The predicted octanol–water partition coefficient (Wildman–Crippen LogP) is 4.38. The number of hydrogen-bond acceptors (Lipinski definition) is 6. The van der Waals surface area contributed by atoms with Crippen LogP contribution < -0.4 is 4.74 Å². The Morgan fingerprint density at radius 1 is 0.867 bits per heavy atom. The first-order valence-corrected chi connectivity index (χ1v) is 12.6. The van der Waals surface area contributed by atoms with E-state index >= 15 is 0 Å². The number of ether oxygens (including phenoxy) is 1. The molecule has 0 bridgehead atoms. The quantitative estimate of drug-likeness (QED) is 0.219. The minimum Gasteiger partial charge on any atom is -0.425 e. The van der Waals surface area contributed by atoms with Crippen LogP contribution in [0.1, 0.15) is 58.3 Å². The fraction of sp³-hybridized carbons (Fsp3) is 0.450. The molecule has 0 aliphatic carbocycles. The third-order valence-electron chi connectivity index (χ3n) is 4.65. The van der Waals surface area contributed by atoms with Gasteiger partial charge >= 0.3 is 5.97 Å². The number of carbonyl (C=O) groups is 1. The van der Waals surface area contributed by atoms with Gasteiger partial charge in [-0.05, 0) is 17.9 Å². The van der Waals surface area contributed by atoms with Crippen molar-refractivity contribution in [1.82, 2.24) is 0 Å². The number of rotatable bonds is 11. The second-order valence-corrected chi connectivity index (χ2v) is 9.77. The van der Waals surface area contributed by atoms with Crippen LogP contribution in [0, 0.1) is 0 Å². The molecule has 0 saturated carbocycles. The van der Waals surface area contributed by atoms with Crippen molar-refractivity contribution in [2.75, 3.05) is 0 Å². The maximum atomic E-state index is 12.2. The molecular weight excluding hydrogens is 432 g/mol. The Bertz CT molecular complexity index is 1110. The van der Waals surface area contributed by atoms with Crippen molar-refractivity contribution in [1.29, 1.82) is 0 Å². The van der Waals surface area contributed by atoms with Gasteiger partial charge < -0.3 is 4.74 Å². The van der Waals surface area contributed by atoms with E-state index in [0.29, 0.717) is 6.42 Å². The maximum absolute atomic E-state index is 12.2. The first-order valence-electron chi connectivity index (χ1n) is 9.77. The molecule has 0 aliphatic heterocycles. The van der Waals surface area contributed by atoms with Crippen molar-refractivity contribution in [3.63, 3.8) is 0 Å². The minimum atomic E-state index is -5.14. The highest BCUT2D eigenvalue weighted by Gasteiger charge is 2.32. The van der Waals surface area contributed by atoms with E-state index in [4.69, 9.17) is 4.74 Å². The Balaban J connectivity index is 2.30. The van der Waals surface area contributed by atoms with E-state index in [1.807, 2.05) is 0 Å². The van der Waals surface area contributed by atoms with Crippen LogP contribution in [0.5, 0.6) is 5.75 Å². The van der Waals surface area contributed by atoms with Crippen LogP contribution in [0.15, 0.2) is 40.1 Å². The average Bonchev–Trinajstić information content (AvgIpc) is 2.64. The zero-order valence-corrected chi connectivity index (χ0v) is 18.3. The van der Waals surface area contributed by atoms with Crippen LogP contribution in [-0.2, 0) is 25.0 Å². The fourth-order valence-corrected chi connectivity index (χ4v) is 5.38. The van der Waals surface area contributed by atoms with Gasteiger partial charge in [-0.2, -0.15) is 16.8 Å². The molecule has 10 heteroatoms. The van der Waals surface area contributed by atoms with E-state index in [0.717, 1.165) is 38.2 Å². The Morgan fingerprint density at radius 3 is 2.03 bits per heavy atom. The second kappa shape index (κ2) is 10.3. The Morgan fingerprint density at radius 2 is 1.43 bits per heavy atom. The molecule has 30 heavy (non-hydrogen) atoms. The lowest BCUT2D eigenvalue weighted by molar-refractivity contribution is -0.134. The number of benzene rings is 2. The highest BCUT2D eigenvalue weighted by molar-refractivity contribution is 7.89. The largest absolute Gasteiger partial charge is 0.425 e. The van der Waals surface area contributed by atoms with Crippen LogP contribution in [-0.4, -0.2) is 31.9 Å². The summed E-state index contributed by atoms with van der Waals surface area (Å²) in [5, 5.41) is 0.0933. The predicted molar refractivity (Wildman–Crippen MR) is 112 cm³/mol. The van der Waals surface area contributed by atoms with Crippen LogP contribution in [0.25, 0.3) is 10.8 Å². The zero-order valence-electron chi connectivity index (χ0n) is 16.7. The summed E-state index contributed by atoms with van der Waals surface area (Å²) in [5.74, 6) is -1.40. The van der Waals surface area contributed by atoms with Crippen LogP contribution >= 0.6 is 0 Å². The Kier molecular flexibility index (Phi) is 8.36. The summed E-state index contributed by atoms with van der Waals surface area (Å²) in [6, 6.07) is 6.89. The second-order valence-electron chi connectivity index (χ2n) is 7.05. The van der Waals surface area contributed by atoms with E-state index in [1.54, 1.807) is 6.07 Å². The number of unbranched alkanes of at least 4 members (excludes halogenated alkanes) is 6. The van der Waals surface area contributed by atoms with E-state index in [9.17, 15) is 30.7 Å². The Hall–Kier alpha value is -2.01. The number of esters is 1. The van der Waals surface area contributed by atoms with Gasteiger partial charge in [-0.3, -0.25) is 13.9 Å². The summed E-state index contributed by atoms with van der Waals surface area (Å²) >= 11 is 0. The SMILES string of the molecule is CCCCCCCCCC(=O)Oc1cc2ccccc2c(S(=O)(=O)O)c1S(=O)(=O)O. The van der Waals surface area contributed by atoms with Crippen molar-refractivity contribution in [3.8, 4) is 5.75 Å². The summed E-state index contributed by atoms with van der Waals surface area (Å²) < 4.78 is 72.0. The summed E-state index contributed by atoms with van der Waals surface area (Å²) in [7, 11) is -10.2. The summed E-state index contributed by atoms with van der Waals surface area (Å²) in [5.41, 5.74) is 0. The number of fused-ring (bicyclic) bond motifs is 1. The maximum Gasteiger partial charge on any atom is 0.311 e. The summed E-state index contributed by atoms with van der Waals surface area (Å²) in [4.78, 5) is 10.0. The zero-order chi connectivity index (χ0) is 22.4. The van der Waals surface area contributed by atoms with Crippen molar-refractivity contribution in [2.24, 2.45) is 0 Å². The highest BCUT2D eigenvalue weighted by Crippen LogP contribution is 2.37. The molecule has 0 atom stereocenters. The lowest BCUT2D eigenvalue weighted by Gasteiger charge is -2.14. The normalized spacial score (nSPS) is 12.2. The van der Waals surface area contributed by atoms with Gasteiger partial charge in [0.2, 0.25) is 0 Å². The van der Waals surface area contributed by atoms with E-state index in [2.05, 4.69) is 6.92 Å². The summed E-state index contributed by atoms with van der Waals surface area (Å²) in [6.45, 7) is 2.12. The first kappa shape index (κ1) is 24.3. The molecule has 2 N–H and O–H groups in total. The van der Waals surface area contributed by atoms with Crippen LogP contribution in [0.2, 0.25) is 0 Å². The van der Waals surface area contributed by atoms with Crippen molar-refractivity contribution < 1.29 is 35.5 Å². The molecule has 0 amide bonds. The third kappa shape index (κ3) is 6.49. The van der Waals surface area contributed by atoms with Gasteiger partial charge in [0.05, 0.1) is 0 Å². The van der Waals surface area contributed by atoms with Crippen molar-refractivity contribution in [2.45, 2.75) is 68.1 Å². The van der Waals surface area contributed by atoms with E-state index in [1.165, 1.54) is 24.6 Å². The van der Waals surface area contributed by atoms with Gasteiger partial charge in [0, 0.05) is 11.8 Å². The lowest BCUT2D eigenvalue weighted by atomic mass is 10.1. The molecule has 0 saturated heterocycles. The smallest absolute Gasteiger partial charge is 0.311 e. The average molecular weight is 459 g/mol. The summed E-state index contributed by atoms with van der Waals surface area (Å²) in [6.07, 6.45) is 6.81. The molecule has 166 valence electrons. The first-order chi connectivity index (χ1) is 14.1. The fourth-order valence-electron chi connectivity index (χ4n) is 3.25. The molecule has 2 rings (SSSR count). The molecule has 8 nitrogen and oxygen atoms in total. The molecule has 0 spiro atoms. The molecule has 0 unspecified atom stereocenters. The molecule has 0 aromatic heterocycles.